The van der Waals surface area contributed by atoms with Crippen molar-refractivity contribution in [3.63, 3.8) is 0 Å². The molecule has 0 unspecified atom stereocenters. The van der Waals surface area contributed by atoms with Crippen LogP contribution in [0.1, 0.15) is 12.0 Å². The molecule has 6 heteroatoms. The highest BCUT2D eigenvalue weighted by Crippen LogP contribution is 2.31. The molecule has 1 aliphatic heterocycles. The van der Waals surface area contributed by atoms with E-state index in [9.17, 15) is 9.59 Å². The Bertz CT molecular complexity index is 761. The molecule has 0 saturated carbocycles. The van der Waals surface area contributed by atoms with Gasteiger partial charge in [-0.05, 0) is 29.8 Å². The third-order valence-electron chi connectivity index (χ3n) is 3.94. The summed E-state index contributed by atoms with van der Waals surface area (Å²) >= 11 is 0. The van der Waals surface area contributed by atoms with Gasteiger partial charge in [-0.25, -0.2) is 0 Å². The lowest BCUT2D eigenvalue weighted by Gasteiger charge is -2.17. The van der Waals surface area contributed by atoms with Crippen LogP contribution in [0.25, 0.3) is 0 Å². The van der Waals surface area contributed by atoms with E-state index in [-0.39, 0.29) is 18.4 Å². The smallest absolute Gasteiger partial charge is 0.258 e. The van der Waals surface area contributed by atoms with Crippen molar-refractivity contribution in [3.05, 3.63) is 54.1 Å². The summed E-state index contributed by atoms with van der Waals surface area (Å²) in [6, 6.07) is 14.7. The van der Waals surface area contributed by atoms with Gasteiger partial charge >= 0.3 is 0 Å². The van der Waals surface area contributed by atoms with Crippen molar-refractivity contribution >= 4 is 17.5 Å². The van der Waals surface area contributed by atoms with E-state index in [4.69, 9.17) is 9.47 Å². The number of carbonyl (C=O) groups excluding carboxylic acids is 2. The monoisotopic (exact) mass is 340 g/mol. The molecular formula is C19H20N2O4. The van der Waals surface area contributed by atoms with Crippen molar-refractivity contribution in [1.29, 1.82) is 0 Å². The maximum absolute atomic E-state index is 11.9. The predicted octanol–water partition coefficient (Wildman–Crippen LogP) is 2.13. The first-order chi connectivity index (χ1) is 12.1. The second kappa shape index (κ2) is 7.70. The summed E-state index contributed by atoms with van der Waals surface area (Å²) in [5, 5.41) is 2.81. The fourth-order valence-electron chi connectivity index (χ4n) is 2.52. The summed E-state index contributed by atoms with van der Waals surface area (Å²) in [6.45, 7) is 0.686. The van der Waals surface area contributed by atoms with Crippen LogP contribution < -0.4 is 19.7 Å². The minimum Gasteiger partial charge on any atom is -0.491 e. The first-order valence-corrected chi connectivity index (χ1v) is 8.10. The number of fused-ring (bicyclic) bond motifs is 1. The molecule has 3 rings (SSSR count). The minimum absolute atomic E-state index is 0.0104. The van der Waals surface area contributed by atoms with E-state index in [1.54, 1.807) is 24.1 Å². The zero-order chi connectivity index (χ0) is 17.6. The number of hydrogen-bond donors (Lipinski definition) is 1. The van der Waals surface area contributed by atoms with Crippen molar-refractivity contribution in [3.8, 4) is 11.5 Å². The van der Waals surface area contributed by atoms with Crippen LogP contribution in [0.5, 0.6) is 11.5 Å². The van der Waals surface area contributed by atoms with Crippen LogP contribution in [0.2, 0.25) is 0 Å². The molecule has 0 atom stereocenters. The summed E-state index contributed by atoms with van der Waals surface area (Å²) in [5.41, 5.74) is 1.60. The molecule has 1 heterocycles. The van der Waals surface area contributed by atoms with Gasteiger partial charge in [0.15, 0.2) is 6.61 Å². The number of carbonyl (C=O) groups is 2. The van der Waals surface area contributed by atoms with Crippen LogP contribution in [0.4, 0.5) is 5.69 Å². The van der Waals surface area contributed by atoms with E-state index < -0.39 is 0 Å². The molecule has 0 radical (unpaired) electrons. The van der Waals surface area contributed by atoms with Gasteiger partial charge in [-0.3, -0.25) is 9.59 Å². The minimum atomic E-state index is -0.209. The molecule has 0 bridgehead atoms. The number of amides is 2. The van der Waals surface area contributed by atoms with E-state index >= 15 is 0 Å². The lowest BCUT2D eigenvalue weighted by Crippen LogP contribution is -2.28. The second-order valence-corrected chi connectivity index (χ2v) is 5.73. The number of para-hydroxylation sites is 1. The summed E-state index contributed by atoms with van der Waals surface area (Å²) in [5.74, 6) is 1.13. The normalized spacial score (nSPS) is 13.5. The molecule has 1 N–H and O–H groups in total. The molecule has 130 valence electrons. The number of ether oxygens (including phenoxy) is 2. The maximum Gasteiger partial charge on any atom is 0.258 e. The van der Waals surface area contributed by atoms with E-state index in [1.165, 1.54) is 0 Å². The van der Waals surface area contributed by atoms with E-state index in [0.29, 0.717) is 31.1 Å². The van der Waals surface area contributed by atoms with E-state index in [0.717, 1.165) is 11.3 Å². The fourth-order valence-corrected chi connectivity index (χ4v) is 2.52. The molecule has 0 spiro atoms. The average molecular weight is 340 g/mol. The lowest BCUT2D eigenvalue weighted by atomic mass is 10.1. The predicted molar refractivity (Wildman–Crippen MR) is 93.7 cm³/mol. The van der Waals surface area contributed by atoms with Crippen LogP contribution in [-0.2, 0) is 16.1 Å². The Morgan fingerprint density at radius 2 is 2.04 bits per heavy atom. The van der Waals surface area contributed by atoms with Gasteiger partial charge in [-0.15, -0.1) is 0 Å². The third kappa shape index (κ3) is 4.29. The first kappa shape index (κ1) is 16.8. The Morgan fingerprint density at radius 1 is 1.24 bits per heavy atom. The maximum atomic E-state index is 11.9. The highest BCUT2D eigenvalue weighted by Gasteiger charge is 2.20. The molecule has 1 aliphatic rings. The van der Waals surface area contributed by atoms with Crippen LogP contribution in [0.15, 0.2) is 48.5 Å². The molecule has 0 aromatic heterocycles. The highest BCUT2D eigenvalue weighted by molar-refractivity contribution is 5.95. The molecule has 0 fully saturated rings. The topological polar surface area (TPSA) is 67.9 Å². The number of hydrogen-bond acceptors (Lipinski definition) is 4. The Labute approximate surface area is 146 Å². The standard InChI is InChI=1S/C19H20N2O4/c1-21-16-11-14(7-8-17(16)24-10-9-19(21)23)12-20-18(22)13-25-15-5-3-2-4-6-15/h2-8,11H,9-10,12-13H2,1H3,(H,20,22). The number of nitrogens with one attached hydrogen (secondary N) is 1. The number of nitrogens with zero attached hydrogens (tertiary/aromatic N) is 1. The fraction of sp³-hybridized carbons (Fsp3) is 0.263. The molecule has 2 amide bonds. The van der Waals surface area contributed by atoms with Gasteiger partial charge < -0.3 is 19.7 Å². The van der Waals surface area contributed by atoms with Gasteiger partial charge in [-0.2, -0.15) is 0 Å². The van der Waals surface area contributed by atoms with Gasteiger partial charge in [0, 0.05) is 13.6 Å². The van der Waals surface area contributed by atoms with Gasteiger partial charge in [-0.1, -0.05) is 24.3 Å². The van der Waals surface area contributed by atoms with Crippen molar-refractivity contribution in [2.45, 2.75) is 13.0 Å². The molecular weight excluding hydrogens is 320 g/mol. The van der Waals surface area contributed by atoms with Gasteiger partial charge in [0.25, 0.3) is 5.91 Å². The SMILES string of the molecule is CN1C(=O)CCOc2ccc(CNC(=O)COc3ccccc3)cc21. The zero-order valence-corrected chi connectivity index (χ0v) is 14.0. The summed E-state index contributed by atoms with van der Waals surface area (Å²) < 4.78 is 11.0. The number of rotatable bonds is 5. The van der Waals surface area contributed by atoms with Crippen LogP contribution in [0.3, 0.4) is 0 Å². The Morgan fingerprint density at radius 3 is 2.84 bits per heavy atom. The van der Waals surface area contributed by atoms with Crippen LogP contribution in [0, 0.1) is 0 Å². The third-order valence-corrected chi connectivity index (χ3v) is 3.94. The van der Waals surface area contributed by atoms with E-state index in [2.05, 4.69) is 5.32 Å². The lowest BCUT2D eigenvalue weighted by molar-refractivity contribution is -0.123. The van der Waals surface area contributed by atoms with Crippen molar-refractivity contribution < 1.29 is 19.1 Å². The van der Waals surface area contributed by atoms with Crippen molar-refractivity contribution in [1.82, 2.24) is 5.32 Å². The van der Waals surface area contributed by atoms with Crippen molar-refractivity contribution in [2.75, 3.05) is 25.2 Å². The largest absolute Gasteiger partial charge is 0.491 e. The molecule has 2 aromatic rings. The summed E-state index contributed by atoms with van der Waals surface area (Å²) in [6.07, 6.45) is 0.355. The van der Waals surface area contributed by atoms with Gasteiger partial charge in [0.1, 0.15) is 11.5 Å². The Balaban J connectivity index is 1.57. The molecule has 2 aromatic carbocycles. The number of benzene rings is 2. The number of anilines is 1. The second-order valence-electron chi connectivity index (χ2n) is 5.73. The van der Waals surface area contributed by atoms with E-state index in [1.807, 2.05) is 36.4 Å². The molecule has 6 nitrogen and oxygen atoms in total. The quantitative estimate of drug-likeness (QED) is 0.905. The average Bonchev–Trinajstić information content (AvgIpc) is 2.78. The van der Waals surface area contributed by atoms with Crippen molar-refractivity contribution in [2.24, 2.45) is 0 Å². The Hall–Kier alpha value is -3.02. The summed E-state index contributed by atoms with van der Waals surface area (Å²) in [4.78, 5) is 25.4. The summed E-state index contributed by atoms with van der Waals surface area (Å²) in [7, 11) is 1.73. The van der Waals surface area contributed by atoms with Gasteiger partial charge in [0.05, 0.1) is 18.7 Å². The highest BCUT2D eigenvalue weighted by atomic mass is 16.5. The first-order valence-electron chi connectivity index (χ1n) is 8.10. The van der Waals surface area contributed by atoms with Crippen LogP contribution >= 0.6 is 0 Å². The zero-order valence-electron chi connectivity index (χ0n) is 14.0. The Kier molecular flexibility index (Phi) is 5.18. The molecule has 0 aliphatic carbocycles. The van der Waals surface area contributed by atoms with Gasteiger partial charge in [0.2, 0.25) is 5.91 Å². The molecule has 25 heavy (non-hydrogen) atoms. The molecule has 0 saturated heterocycles. The van der Waals surface area contributed by atoms with Crippen LogP contribution in [-0.4, -0.2) is 32.1 Å².